The SMILES string of the molecule is C#CCC1(C)NC(=O)C(C(=O)Nc2ccc(C3CCCCC3)cc2)C1=O. The average molecular weight is 352 g/mol. The summed E-state index contributed by atoms with van der Waals surface area (Å²) >= 11 is 0. The topological polar surface area (TPSA) is 75.3 Å². The summed E-state index contributed by atoms with van der Waals surface area (Å²) in [6.45, 7) is 1.55. The Kier molecular flexibility index (Phi) is 5.13. The second-order valence-electron chi connectivity index (χ2n) is 7.45. The highest BCUT2D eigenvalue weighted by Gasteiger charge is 2.52. The van der Waals surface area contributed by atoms with Crippen LogP contribution < -0.4 is 10.6 Å². The number of hydrogen-bond acceptors (Lipinski definition) is 3. The molecule has 1 aromatic rings. The minimum absolute atomic E-state index is 0.0669. The smallest absolute Gasteiger partial charge is 0.244 e. The molecule has 2 aliphatic rings. The Morgan fingerprint density at radius 2 is 1.88 bits per heavy atom. The van der Waals surface area contributed by atoms with Crippen molar-refractivity contribution in [3.8, 4) is 12.3 Å². The van der Waals surface area contributed by atoms with Gasteiger partial charge in [-0.15, -0.1) is 12.3 Å². The Bertz CT molecular complexity index is 756. The molecule has 2 unspecified atom stereocenters. The Labute approximate surface area is 153 Å². The summed E-state index contributed by atoms with van der Waals surface area (Å²) in [6, 6.07) is 7.70. The molecule has 1 aromatic carbocycles. The second kappa shape index (κ2) is 7.33. The molecule has 0 spiro atoms. The summed E-state index contributed by atoms with van der Waals surface area (Å²) in [6.07, 6.45) is 11.6. The molecular weight excluding hydrogens is 328 g/mol. The fourth-order valence-corrected chi connectivity index (χ4v) is 3.91. The van der Waals surface area contributed by atoms with Gasteiger partial charge in [0, 0.05) is 12.1 Å². The molecule has 5 heteroatoms. The third-order valence-corrected chi connectivity index (χ3v) is 5.44. The first-order valence-electron chi connectivity index (χ1n) is 9.15. The van der Waals surface area contributed by atoms with Crippen molar-refractivity contribution in [2.45, 2.75) is 56.9 Å². The predicted octanol–water partition coefficient (Wildman–Crippen LogP) is 2.77. The highest BCUT2D eigenvalue weighted by molar-refractivity contribution is 6.27. The molecule has 1 heterocycles. The summed E-state index contributed by atoms with van der Waals surface area (Å²) in [7, 11) is 0. The minimum atomic E-state index is -1.36. The first-order chi connectivity index (χ1) is 12.4. The molecule has 2 fully saturated rings. The van der Waals surface area contributed by atoms with Crippen LogP contribution in [0.4, 0.5) is 5.69 Å². The van der Waals surface area contributed by atoms with Gasteiger partial charge in [-0.3, -0.25) is 14.4 Å². The molecule has 0 bridgehead atoms. The van der Waals surface area contributed by atoms with Gasteiger partial charge >= 0.3 is 0 Å². The molecule has 2 N–H and O–H groups in total. The van der Waals surface area contributed by atoms with E-state index in [0.717, 1.165) is 0 Å². The van der Waals surface area contributed by atoms with Crippen LogP contribution >= 0.6 is 0 Å². The summed E-state index contributed by atoms with van der Waals surface area (Å²) in [5.74, 6) is -0.0724. The fraction of sp³-hybridized carbons (Fsp3) is 0.476. The van der Waals surface area contributed by atoms with E-state index in [1.165, 1.54) is 37.7 Å². The number of rotatable bonds is 4. The van der Waals surface area contributed by atoms with Crippen LogP contribution in [-0.2, 0) is 14.4 Å². The maximum Gasteiger partial charge on any atom is 0.244 e. The first-order valence-corrected chi connectivity index (χ1v) is 9.15. The Morgan fingerprint density at radius 1 is 1.23 bits per heavy atom. The molecule has 1 saturated heterocycles. The third-order valence-electron chi connectivity index (χ3n) is 5.44. The van der Waals surface area contributed by atoms with Gasteiger partial charge in [0.2, 0.25) is 11.8 Å². The van der Waals surface area contributed by atoms with Gasteiger partial charge in [-0.2, -0.15) is 0 Å². The largest absolute Gasteiger partial charge is 0.342 e. The number of amides is 2. The van der Waals surface area contributed by atoms with E-state index >= 15 is 0 Å². The highest BCUT2D eigenvalue weighted by Crippen LogP contribution is 2.33. The van der Waals surface area contributed by atoms with Gasteiger partial charge < -0.3 is 10.6 Å². The molecule has 3 rings (SSSR count). The van der Waals surface area contributed by atoms with E-state index in [-0.39, 0.29) is 6.42 Å². The lowest BCUT2D eigenvalue weighted by Gasteiger charge is -2.22. The van der Waals surface area contributed by atoms with Crippen molar-refractivity contribution >= 4 is 23.3 Å². The maximum atomic E-state index is 12.5. The quantitative estimate of drug-likeness (QED) is 0.646. The molecule has 0 radical (unpaired) electrons. The summed E-state index contributed by atoms with van der Waals surface area (Å²) < 4.78 is 0. The number of nitrogens with one attached hydrogen (secondary N) is 2. The molecule has 1 aliphatic carbocycles. The normalized spacial score (nSPS) is 26.2. The van der Waals surface area contributed by atoms with Gasteiger partial charge in [0.05, 0.1) is 0 Å². The van der Waals surface area contributed by atoms with Crippen LogP contribution in [0.25, 0.3) is 0 Å². The van der Waals surface area contributed by atoms with Gasteiger partial charge in [-0.25, -0.2) is 0 Å². The van der Waals surface area contributed by atoms with Crippen LogP contribution in [0.1, 0.15) is 56.9 Å². The Hall–Kier alpha value is -2.61. The number of carbonyl (C=O) groups excluding carboxylic acids is 3. The zero-order chi connectivity index (χ0) is 18.7. The van der Waals surface area contributed by atoms with Crippen molar-refractivity contribution < 1.29 is 14.4 Å². The van der Waals surface area contributed by atoms with Gasteiger partial charge in [0.15, 0.2) is 11.7 Å². The van der Waals surface area contributed by atoms with Crippen molar-refractivity contribution in [1.29, 1.82) is 0 Å². The number of Topliss-reactive ketones (excluding diaryl/α,β-unsaturated/α-hetero) is 1. The number of terminal acetylenes is 1. The number of carbonyl (C=O) groups is 3. The van der Waals surface area contributed by atoms with E-state index in [9.17, 15) is 14.4 Å². The Morgan fingerprint density at radius 3 is 2.50 bits per heavy atom. The van der Waals surface area contributed by atoms with Crippen molar-refractivity contribution in [2.75, 3.05) is 5.32 Å². The lowest BCUT2D eigenvalue weighted by atomic mass is 9.84. The maximum absolute atomic E-state index is 12.5. The molecule has 1 saturated carbocycles. The van der Waals surface area contributed by atoms with E-state index in [1.807, 2.05) is 24.3 Å². The van der Waals surface area contributed by atoms with Crippen molar-refractivity contribution in [1.82, 2.24) is 5.32 Å². The molecule has 2 atom stereocenters. The zero-order valence-electron chi connectivity index (χ0n) is 15.0. The lowest BCUT2D eigenvalue weighted by molar-refractivity contribution is -0.135. The second-order valence-corrected chi connectivity index (χ2v) is 7.45. The molecule has 1 aliphatic heterocycles. The third kappa shape index (κ3) is 3.50. The highest BCUT2D eigenvalue weighted by atomic mass is 16.2. The minimum Gasteiger partial charge on any atom is -0.342 e. The van der Waals surface area contributed by atoms with Crippen LogP contribution in [-0.4, -0.2) is 23.1 Å². The van der Waals surface area contributed by atoms with Crippen molar-refractivity contribution in [3.05, 3.63) is 29.8 Å². The van der Waals surface area contributed by atoms with E-state index in [4.69, 9.17) is 6.42 Å². The number of ketones is 1. The van der Waals surface area contributed by atoms with Gasteiger partial charge in [0.25, 0.3) is 0 Å². The van der Waals surface area contributed by atoms with Crippen LogP contribution in [0.3, 0.4) is 0 Å². The van der Waals surface area contributed by atoms with E-state index in [0.29, 0.717) is 11.6 Å². The average Bonchev–Trinajstić information content (AvgIpc) is 2.85. The molecule has 2 amide bonds. The standard InChI is InChI=1S/C21H24N2O3/c1-3-13-21(2)18(24)17(20(26)23-21)19(25)22-16-11-9-15(10-12-16)14-7-5-4-6-8-14/h1,9-12,14,17H,4-8,13H2,2H3,(H,22,25)(H,23,26). The van der Waals surface area contributed by atoms with Gasteiger partial charge in [0.1, 0.15) is 5.54 Å². The molecule has 0 aromatic heterocycles. The molecule has 26 heavy (non-hydrogen) atoms. The molecule has 5 nitrogen and oxygen atoms in total. The number of anilines is 1. The van der Waals surface area contributed by atoms with Crippen LogP contribution in [0.15, 0.2) is 24.3 Å². The lowest BCUT2D eigenvalue weighted by Crippen LogP contribution is -2.43. The summed E-state index contributed by atoms with van der Waals surface area (Å²) in [5, 5.41) is 5.24. The van der Waals surface area contributed by atoms with Crippen LogP contribution in [0.5, 0.6) is 0 Å². The van der Waals surface area contributed by atoms with Crippen molar-refractivity contribution in [3.63, 3.8) is 0 Å². The zero-order valence-corrected chi connectivity index (χ0v) is 15.0. The van der Waals surface area contributed by atoms with Crippen LogP contribution in [0.2, 0.25) is 0 Å². The summed E-state index contributed by atoms with van der Waals surface area (Å²) in [4.78, 5) is 37.1. The monoisotopic (exact) mass is 352 g/mol. The fourth-order valence-electron chi connectivity index (χ4n) is 3.91. The van der Waals surface area contributed by atoms with Gasteiger partial charge in [-0.1, -0.05) is 31.4 Å². The molecule has 136 valence electrons. The predicted molar refractivity (Wildman–Crippen MR) is 99.4 cm³/mol. The number of hydrogen-bond donors (Lipinski definition) is 2. The van der Waals surface area contributed by atoms with Crippen molar-refractivity contribution in [2.24, 2.45) is 5.92 Å². The molecular formula is C21H24N2O3. The Balaban J connectivity index is 1.67. The van der Waals surface area contributed by atoms with E-state index < -0.39 is 29.1 Å². The van der Waals surface area contributed by atoms with E-state index in [1.54, 1.807) is 6.92 Å². The van der Waals surface area contributed by atoms with Gasteiger partial charge in [-0.05, 0) is 43.4 Å². The summed E-state index contributed by atoms with van der Waals surface area (Å²) in [5.41, 5.74) is 0.693. The first kappa shape index (κ1) is 18.2. The number of benzene rings is 1. The van der Waals surface area contributed by atoms with E-state index in [2.05, 4.69) is 16.6 Å². The van der Waals surface area contributed by atoms with Crippen LogP contribution in [0, 0.1) is 18.3 Å².